The molecule has 2 aromatic heterocycles. The number of hydrogen-bond acceptors (Lipinski definition) is 1. The van der Waals surface area contributed by atoms with Crippen LogP contribution in [-0.4, -0.2) is 15.8 Å². The number of aromatic amines is 2. The van der Waals surface area contributed by atoms with Gasteiger partial charge in [-0.1, -0.05) is 6.92 Å². The fourth-order valence-electron chi connectivity index (χ4n) is 1.75. The maximum absolute atomic E-state index is 12.1. The molecule has 0 aliphatic carbocycles. The van der Waals surface area contributed by atoms with E-state index in [1.807, 2.05) is 32.2 Å². The van der Waals surface area contributed by atoms with Crippen LogP contribution in [0.2, 0.25) is 0 Å². The zero-order valence-corrected chi connectivity index (χ0v) is 8.92. The van der Waals surface area contributed by atoms with Gasteiger partial charge in [-0.3, -0.25) is 4.79 Å². The predicted molar refractivity (Wildman–Crippen MR) is 59.1 cm³/mol. The van der Waals surface area contributed by atoms with Crippen molar-refractivity contribution in [1.29, 1.82) is 0 Å². The van der Waals surface area contributed by atoms with Crippen LogP contribution in [0.5, 0.6) is 0 Å². The monoisotopic (exact) mass is 202 g/mol. The molecule has 0 aromatic carbocycles. The maximum atomic E-state index is 12.1. The highest BCUT2D eigenvalue weighted by Crippen LogP contribution is 2.16. The van der Waals surface area contributed by atoms with Gasteiger partial charge in [-0.05, 0) is 25.5 Å². The summed E-state index contributed by atoms with van der Waals surface area (Å²) in [6.07, 6.45) is 4.45. The van der Waals surface area contributed by atoms with Crippen LogP contribution in [0, 0.1) is 6.92 Å². The smallest absolute Gasteiger partial charge is 0.196 e. The minimum Gasteiger partial charge on any atom is -0.365 e. The Morgan fingerprint density at radius 3 is 2.47 bits per heavy atom. The van der Waals surface area contributed by atoms with Crippen molar-refractivity contribution < 1.29 is 4.79 Å². The van der Waals surface area contributed by atoms with Gasteiger partial charge in [0.05, 0.1) is 0 Å². The van der Waals surface area contributed by atoms with Crippen LogP contribution in [-0.2, 0) is 6.42 Å². The standard InChI is InChI=1S/C12H14N2O/c1-3-11-10(5-7-14-11)12(15)9-4-6-13-8(9)2/h4-7,13-14H,3H2,1-2H3. The van der Waals surface area contributed by atoms with Gasteiger partial charge in [0.2, 0.25) is 0 Å². The number of nitrogens with one attached hydrogen (secondary N) is 2. The first kappa shape index (κ1) is 9.77. The summed E-state index contributed by atoms with van der Waals surface area (Å²) in [4.78, 5) is 18.2. The molecule has 2 heterocycles. The summed E-state index contributed by atoms with van der Waals surface area (Å²) in [5.74, 6) is 0.0897. The second-order valence-electron chi connectivity index (χ2n) is 3.57. The van der Waals surface area contributed by atoms with Gasteiger partial charge in [0.1, 0.15) is 0 Å². The fraction of sp³-hybridized carbons (Fsp3) is 0.250. The van der Waals surface area contributed by atoms with Gasteiger partial charge >= 0.3 is 0 Å². The van der Waals surface area contributed by atoms with E-state index in [1.54, 1.807) is 6.20 Å². The maximum Gasteiger partial charge on any atom is 0.196 e. The summed E-state index contributed by atoms with van der Waals surface area (Å²) in [6.45, 7) is 3.94. The molecular weight excluding hydrogens is 188 g/mol. The first-order valence-corrected chi connectivity index (χ1v) is 5.09. The van der Waals surface area contributed by atoms with E-state index in [4.69, 9.17) is 0 Å². The molecule has 0 spiro atoms. The van der Waals surface area contributed by atoms with Gasteiger partial charge in [-0.15, -0.1) is 0 Å². The summed E-state index contributed by atoms with van der Waals surface area (Å²) in [7, 11) is 0. The largest absolute Gasteiger partial charge is 0.365 e. The van der Waals surface area contributed by atoms with E-state index < -0.39 is 0 Å². The van der Waals surface area contributed by atoms with Crippen molar-refractivity contribution in [3.63, 3.8) is 0 Å². The molecule has 0 radical (unpaired) electrons. The van der Waals surface area contributed by atoms with E-state index in [2.05, 4.69) is 9.97 Å². The van der Waals surface area contributed by atoms with E-state index in [9.17, 15) is 4.79 Å². The molecule has 0 fully saturated rings. The highest BCUT2D eigenvalue weighted by Gasteiger charge is 2.15. The summed E-state index contributed by atoms with van der Waals surface area (Å²) in [5.41, 5.74) is 3.45. The molecular formula is C12H14N2O. The van der Waals surface area contributed by atoms with Crippen LogP contribution in [0.15, 0.2) is 24.5 Å². The predicted octanol–water partition coefficient (Wildman–Crippen LogP) is 2.44. The summed E-state index contributed by atoms with van der Waals surface area (Å²) in [5, 5.41) is 0. The zero-order chi connectivity index (χ0) is 10.8. The number of carbonyl (C=O) groups excluding carboxylic acids is 1. The SMILES string of the molecule is CCc1[nH]ccc1C(=O)c1cc[nH]c1C. The van der Waals surface area contributed by atoms with Crippen molar-refractivity contribution in [1.82, 2.24) is 9.97 Å². The number of H-pyrrole nitrogens is 2. The van der Waals surface area contributed by atoms with Crippen molar-refractivity contribution in [2.75, 3.05) is 0 Å². The highest BCUT2D eigenvalue weighted by atomic mass is 16.1. The third-order valence-electron chi connectivity index (χ3n) is 2.63. The number of aromatic nitrogens is 2. The van der Waals surface area contributed by atoms with Crippen LogP contribution in [0.3, 0.4) is 0 Å². The Labute approximate surface area is 88.5 Å². The van der Waals surface area contributed by atoms with Crippen molar-refractivity contribution >= 4 is 5.78 Å². The van der Waals surface area contributed by atoms with Crippen LogP contribution in [0.25, 0.3) is 0 Å². The van der Waals surface area contributed by atoms with E-state index in [0.717, 1.165) is 28.9 Å². The Morgan fingerprint density at radius 1 is 1.20 bits per heavy atom. The molecule has 0 saturated carbocycles. The highest BCUT2D eigenvalue weighted by molar-refractivity contribution is 6.10. The lowest BCUT2D eigenvalue weighted by atomic mass is 10.0. The second-order valence-corrected chi connectivity index (χ2v) is 3.57. The summed E-state index contributed by atoms with van der Waals surface area (Å²) < 4.78 is 0. The molecule has 2 N–H and O–H groups in total. The molecule has 3 nitrogen and oxygen atoms in total. The molecule has 0 unspecified atom stereocenters. The van der Waals surface area contributed by atoms with E-state index >= 15 is 0 Å². The molecule has 0 aliphatic rings. The van der Waals surface area contributed by atoms with Gasteiger partial charge in [0.25, 0.3) is 0 Å². The average Bonchev–Trinajstić information content (AvgIpc) is 2.84. The van der Waals surface area contributed by atoms with Gasteiger partial charge in [-0.2, -0.15) is 0 Å². The molecule has 0 bridgehead atoms. The van der Waals surface area contributed by atoms with Gasteiger partial charge in [0, 0.05) is 34.9 Å². The Morgan fingerprint density at radius 2 is 1.87 bits per heavy atom. The summed E-state index contributed by atoms with van der Waals surface area (Å²) >= 11 is 0. The van der Waals surface area contributed by atoms with E-state index in [-0.39, 0.29) is 5.78 Å². The molecule has 3 heteroatoms. The van der Waals surface area contributed by atoms with E-state index in [0.29, 0.717) is 0 Å². The number of carbonyl (C=O) groups is 1. The van der Waals surface area contributed by atoms with E-state index in [1.165, 1.54) is 0 Å². The normalized spacial score (nSPS) is 10.5. The quantitative estimate of drug-likeness (QED) is 0.738. The molecule has 0 atom stereocenters. The molecule has 15 heavy (non-hydrogen) atoms. The second kappa shape index (κ2) is 3.77. The number of hydrogen-bond donors (Lipinski definition) is 2. The average molecular weight is 202 g/mol. The molecule has 2 rings (SSSR count). The first-order valence-electron chi connectivity index (χ1n) is 5.09. The van der Waals surface area contributed by atoms with Crippen molar-refractivity contribution in [2.45, 2.75) is 20.3 Å². The Bertz CT molecular complexity index is 479. The lowest BCUT2D eigenvalue weighted by Crippen LogP contribution is -2.03. The lowest BCUT2D eigenvalue weighted by molar-refractivity contribution is 0.103. The van der Waals surface area contributed by atoms with Gasteiger partial charge in [-0.25, -0.2) is 0 Å². The minimum absolute atomic E-state index is 0.0897. The number of rotatable bonds is 3. The van der Waals surface area contributed by atoms with Crippen molar-refractivity contribution in [3.05, 3.63) is 47.0 Å². The van der Waals surface area contributed by atoms with Crippen LogP contribution >= 0.6 is 0 Å². The number of aryl methyl sites for hydroxylation is 2. The van der Waals surface area contributed by atoms with Gasteiger partial charge < -0.3 is 9.97 Å². The van der Waals surface area contributed by atoms with Crippen LogP contribution in [0.4, 0.5) is 0 Å². The van der Waals surface area contributed by atoms with Gasteiger partial charge in [0.15, 0.2) is 5.78 Å². The molecule has 78 valence electrons. The molecule has 0 amide bonds. The molecule has 0 saturated heterocycles. The van der Waals surface area contributed by atoms with Crippen LogP contribution in [0.1, 0.15) is 34.2 Å². The Kier molecular flexibility index (Phi) is 2.46. The number of ketones is 1. The zero-order valence-electron chi connectivity index (χ0n) is 8.92. The Balaban J connectivity index is 2.41. The fourth-order valence-corrected chi connectivity index (χ4v) is 1.75. The minimum atomic E-state index is 0.0897. The lowest BCUT2D eigenvalue weighted by Gasteiger charge is -2.00. The summed E-state index contributed by atoms with van der Waals surface area (Å²) in [6, 6.07) is 3.66. The third kappa shape index (κ3) is 1.61. The third-order valence-corrected chi connectivity index (χ3v) is 2.63. The topological polar surface area (TPSA) is 48.6 Å². The van der Waals surface area contributed by atoms with Crippen molar-refractivity contribution in [3.8, 4) is 0 Å². The molecule has 2 aromatic rings. The van der Waals surface area contributed by atoms with Crippen LogP contribution < -0.4 is 0 Å². The molecule has 0 aliphatic heterocycles. The first-order chi connectivity index (χ1) is 7.24. The van der Waals surface area contributed by atoms with Crippen molar-refractivity contribution in [2.24, 2.45) is 0 Å². The Hall–Kier alpha value is -1.77.